The molecule has 0 fully saturated rings. The van der Waals surface area contributed by atoms with E-state index < -0.39 is 12.1 Å². The molecule has 1 aromatic carbocycles. The number of rotatable bonds is 5. The van der Waals surface area contributed by atoms with Crippen LogP contribution in [0.25, 0.3) is 0 Å². The van der Waals surface area contributed by atoms with Crippen molar-refractivity contribution in [1.82, 2.24) is 4.98 Å². The molecule has 0 aliphatic heterocycles. The SMILES string of the molecule is CC(Oc1ccccc1Oc1ncc(Cl)cc1Cl)C(=O)O. The number of carboxylic acids is 1. The summed E-state index contributed by atoms with van der Waals surface area (Å²) in [6, 6.07) is 8.13. The van der Waals surface area contributed by atoms with Gasteiger partial charge in [0.05, 0.1) is 5.02 Å². The van der Waals surface area contributed by atoms with Crippen molar-refractivity contribution in [1.29, 1.82) is 0 Å². The molecule has 2 rings (SSSR count). The lowest BCUT2D eigenvalue weighted by Crippen LogP contribution is -2.23. The van der Waals surface area contributed by atoms with Crippen molar-refractivity contribution in [3.05, 3.63) is 46.6 Å². The number of nitrogens with zero attached hydrogens (tertiary/aromatic N) is 1. The quantitative estimate of drug-likeness (QED) is 0.897. The third kappa shape index (κ3) is 4.00. The number of carboxylic acid groups (broad SMARTS) is 1. The van der Waals surface area contributed by atoms with E-state index in [2.05, 4.69) is 4.98 Å². The van der Waals surface area contributed by atoms with Crippen LogP contribution >= 0.6 is 23.2 Å². The Bertz CT molecular complexity index is 663. The Kier molecular flexibility index (Phi) is 4.88. The van der Waals surface area contributed by atoms with E-state index in [1.54, 1.807) is 24.3 Å². The van der Waals surface area contributed by atoms with Gasteiger partial charge < -0.3 is 14.6 Å². The molecule has 7 heteroatoms. The van der Waals surface area contributed by atoms with Crippen molar-refractivity contribution in [2.24, 2.45) is 0 Å². The molecular weight excluding hydrogens is 317 g/mol. The number of aromatic nitrogens is 1. The average Bonchev–Trinajstić information content (AvgIpc) is 2.43. The Morgan fingerprint density at radius 1 is 1.29 bits per heavy atom. The summed E-state index contributed by atoms with van der Waals surface area (Å²) < 4.78 is 10.9. The molecule has 0 saturated carbocycles. The molecule has 1 unspecified atom stereocenters. The molecule has 0 radical (unpaired) electrons. The largest absolute Gasteiger partial charge is 0.479 e. The Morgan fingerprint density at radius 3 is 2.57 bits per heavy atom. The van der Waals surface area contributed by atoms with E-state index in [0.29, 0.717) is 10.8 Å². The van der Waals surface area contributed by atoms with Crippen LogP contribution in [0, 0.1) is 0 Å². The lowest BCUT2D eigenvalue weighted by molar-refractivity contribution is -0.144. The van der Waals surface area contributed by atoms with Crippen LogP contribution < -0.4 is 9.47 Å². The molecule has 1 aromatic heterocycles. The minimum atomic E-state index is -1.08. The number of halogens is 2. The Hall–Kier alpha value is -1.98. The molecule has 5 nitrogen and oxygen atoms in total. The van der Waals surface area contributed by atoms with Crippen LogP contribution in [0.1, 0.15) is 6.92 Å². The van der Waals surface area contributed by atoms with Gasteiger partial charge in [0.1, 0.15) is 5.02 Å². The van der Waals surface area contributed by atoms with Gasteiger partial charge in [-0.3, -0.25) is 0 Å². The lowest BCUT2D eigenvalue weighted by Gasteiger charge is -2.14. The molecule has 110 valence electrons. The molecule has 1 atom stereocenters. The minimum Gasteiger partial charge on any atom is -0.479 e. The minimum absolute atomic E-state index is 0.153. The predicted octanol–water partition coefficient (Wildman–Crippen LogP) is 4.03. The van der Waals surface area contributed by atoms with Gasteiger partial charge in [-0.25, -0.2) is 9.78 Å². The van der Waals surface area contributed by atoms with Crippen LogP contribution in [0.2, 0.25) is 10.0 Å². The number of pyridine rings is 1. The third-order valence-electron chi connectivity index (χ3n) is 2.48. The fourth-order valence-electron chi connectivity index (χ4n) is 1.45. The van der Waals surface area contributed by atoms with Crippen molar-refractivity contribution in [3.63, 3.8) is 0 Å². The van der Waals surface area contributed by atoms with E-state index in [1.165, 1.54) is 19.2 Å². The molecule has 2 aromatic rings. The average molecular weight is 328 g/mol. The number of ether oxygens (including phenoxy) is 2. The van der Waals surface area contributed by atoms with Gasteiger partial charge in [0, 0.05) is 6.20 Å². The van der Waals surface area contributed by atoms with E-state index >= 15 is 0 Å². The van der Waals surface area contributed by atoms with Crippen molar-refractivity contribution in [2.45, 2.75) is 13.0 Å². The highest BCUT2D eigenvalue weighted by molar-refractivity contribution is 6.35. The van der Waals surface area contributed by atoms with E-state index in [0.717, 1.165) is 0 Å². The maximum atomic E-state index is 10.9. The second-order valence-electron chi connectivity index (χ2n) is 4.09. The summed E-state index contributed by atoms with van der Waals surface area (Å²) in [5.74, 6) is -0.338. The van der Waals surface area contributed by atoms with Crippen LogP contribution in [0.5, 0.6) is 17.4 Å². The lowest BCUT2D eigenvalue weighted by atomic mass is 10.3. The van der Waals surface area contributed by atoms with Gasteiger partial charge in [-0.1, -0.05) is 35.3 Å². The first kappa shape index (κ1) is 15.4. The highest BCUT2D eigenvalue weighted by Crippen LogP contribution is 2.34. The first-order chi connectivity index (χ1) is 9.97. The molecule has 0 spiro atoms. The first-order valence-corrected chi connectivity index (χ1v) is 6.70. The zero-order valence-corrected chi connectivity index (χ0v) is 12.4. The monoisotopic (exact) mass is 327 g/mol. The standard InChI is InChI=1S/C14H11Cl2NO4/c1-8(14(18)19)20-11-4-2-3-5-12(11)21-13-10(16)6-9(15)7-17-13/h2-8H,1H3,(H,18,19). The number of para-hydroxylation sites is 2. The second-order valence-corrected chi connectivity index (χ2v) is 4.93. The highest BCUT2D eigenvalue weighted by atomic mass is 35.5. The molecule has 0 amide bonds. The fraction of sp³-hybridized carbons (Fsp3) is 0.143. The Morgan fingerprint density at radius 2 is 1.95 bits per heavy atom. The van der Waals surface area contributed by atoms with E-state index in [-0.39, 0.29) is 16.7 Å². The van der Waals surface area contributed by atoms with Gasteiger partial charge >= 0.3 is 5.97 Å². The summed E-state index contributed by atoms with van der Waals surface area (Å²) >= 11 is 11.7. The van der Waals surface area contributed by atoms with Crippen LogP contribution in [0.15, 0.2) is 36.5 Å². The number of carbonyl (C=O) groups is 1. The topological polar surface area (TPSA) is 68.7 Å². The predicted molar refractivity (Wildman–Crippen MR) is 78.5 cm³/mol. The first-order valence-electron chi connectivity index (χ1n) is 5.94. The molecule has 1 N–H and O–H groups in total. The number of aliphatic carboxylic acids is 1. The molecule has 0 aliphatic rings. The van der Waals surface area contributed by atoms with Gasteiger partial charge in [-0.15, -0.1) is 0 Å². The smallest absolute Gasteiger partial charge is 0.344 e. The highest BCUT2D eigenvalue weighted by Gasteiger charge is 2.16. The Labute approximate surface area is 131 Å². The molecule has 1 heterocycles. The molecule has 0 aliphatic carbocycles. The third-order valence-corrected chi connectivity index (χ3v) is 2.96. The second kappa shape index (κ2) is 6.65. The summed E-state index contributed by atoms with van der Waals surface area (Å²) in [6.07, 6.45) is 0.384. The maximum Gasteiger partial charge on any atom is 0.344 e. The normalized spacial score (nSPS) is 11.8. The zero-order valence-electron chi connectivity index (χ0n) is 10.9. The van der Waals surface area contributed by atoms with Crippen molar-refractivity contribution < 1.29 is 19.4 Å². The van der Waals surface area contributed by atoms with Gasteiger partial charge in [0.15, 0.2) is 17.6 Å². The zero-order chi connectivity index (χ0) is 15.4. The van der Waals surface area contributed by atoms with Crippen LogP contribution in [0.4, 0.5) is 0 Å². The molecular formula is C14H11Cl2NO4. The van der Waals surface area contributed by atoms with Crippen LogP contribution in [0.3, 0.4) is 0 Å². The van der Waals surface area contributed by atoms with E-state index in [1.807, 2.05) is 0 Å². The number of hydrogen-bond acceptors (Lipinski definition) is 4. The van der Waals surface area contributed by atoms with Crippen molar-refractivity contribution >= 4 is 29.2 Å². The van der Waals surface area contributed by atoms with Crippen LogP contribution in [-0.4, -0.2) is 22.2 Å². The summed E-state index contributed by atoms with van der Waals surface area (Å²) in [7, 11) is 0. The van der Waals surface area contributed by atoms with Gasteiger partial charge in [-0.2, -0.15) is 0 Å². The summed E-state index contributed by atoms with van der Waals surface area (Å²) in [5, 5.41) is 9.51. The summed E-state index contributed by atoms with van der Waals surface area (Å²) in [5.41, 5.74) is 0. The van der Waals surface area contributed by atoms with Gasteiger partial charge in [-0.05, 0) is 25.1 Å². The molecule has 0 saturated heterocycles. The van der Waals surface area contributed by atoms with Crippen molar-refractivity contribution in [3.8, 4) is 17.4 Å². The molecule has 0 bridgehead atoms. The number of hydrogen-bond donors (Lipinski definition) is 1. The molecule has 21 heavy (non-hydrogen) atoms. The van der Waals surface area contributed by atoms with Crippen LogP contribution in [-0.2, 0) is 4.79 Å². The fourth-order valence-corrected chi connectivity index (χ4v) is 1.87. The number of benzene rings is 1. The van der Waals surface area contributed by atoms with E-state index in [4.69, 9.17) is 37.8 Å². The van der Waals surface area contributed by atoms with Gasteiger partial charge in [0.25, 0.3) is 0 Å². The summed E-state index contributed by atoms with van der Waals surface area (Å²) in [6.45, 7) is 1.42. The Balaban J connectivity index is 2.26. The summed E-state index contributed by atoms with van der Waals surface area (Å²) in [4.78, 5) is 14.8. The van der Waals surface area contributed by atoms with Crippen molar-refractivity contribution in [2.75, 3.05) is 0 Å². The van der Waals surface area contributed by atoms with E-state index in [9.17, 15) is 4.79 Å². The maximum absolute atomic E-state index is 10.9. The van der Waals surface area contributed by atoms with Gasteiger partial charge in [0.2, 0.25) is 5.88 Å².